The van der Waals surface area contributed by atoms with Crippen LogP contribution in [-0.2, 0) is 6.54 Å². The Morgan fingerprint density at radius 1 is 1.00 bits per heavy atom. The van der Waals surface area contributed by atoms with Crippen LogP contribution in [0.2, 0.25) is 0 Å². The van der Waals surface area contributed by atoms with Crippen molar-refractivity contribution >= 4 is 19.2 Å². The van der Waals surface area contributed by atoms with E-state index in [9.17, 15) is 5.11 Å². The fourth-order valence-electron chi connectivity index (χ4n) is 3.34. The Hall–Kier alpha value is -1.37. The lowest BCUT2D eigenvalue weighted by molar-refractivity contribution is 0.221. The number of nitrogens with zero attached hydrogens (tertiary/aromatic N) is 1. The van der Waals surface area contributed by atoms with E-state index in [1.807, 2.05) is 13.0 Å². The Bertz CT molecular complexity index is 677. The average Bonchev–Trinajstić information content (AvgIpc) is 2.55. The van der Waals surface area contributed by atoms with Crippen molar-refractivity contribution in [3.8, 4) is 5.75 Å². The summed E-state index contributed by atoms with van der Waals surface area (Å²) in [6.45, 7) is 7.54. The fraction of sp³-hybridized carbons (Fsp3) is 0.400. The number of rotatable bonds is 4. The van der Waals surface area contributed by atoms with Gasteiger partial charge in [0.1, 0.15) is 5.75 Å². The van der Waals surface area contributed by atoms with Gasteiger partial charge < -0.3 is 5.11 Å². The van der Waals surface area contributed by atoms with Crippen LogP contribution in [0, 0.1) is 13.8 Å². The van der Waals surface area contributed by atoms with Gasteiger partial charge in [-0.15, -0.1) is 0 Å². The van der Waals surface area contributed by atoms with Crippen molar-refractivity contribution in [2.24, 2.45) is 0 Å². The molecular weight excluding hydrogens is 301 g/mol. The van der Waals surface area contributed by atoms with Gasteiger partial charge in [0.25, 0.3) is 0 Å². The molecule has 2 nitrogen and oxygen atoms in total. The number of aryl methyl sites for hydroxylation is 2. The zero-order valence-electron chi connectivity index (χ0n) is 14.1. The quantitative estimate of drug-likeness (QED) is 0.867. The summed E-state index contributed by atoms with van der Waals surface area (Å²) >= 11 is 0. The minimum atomic E-state index is 0.460. The molecule has 2 aromatic rings. The van der Waals surface area contributed by atoms with Crippen molar-refractivity contribution in [3.63, 3.8) is 0 Å². The summed E-state index contributed by atoms with van der Waals surface area (Å²) in [5.74, 6) is 0.460. The molecule has 1 atom stereocenters. The summed E-state index contributed by atoms with van der Waals surface area (Å²) in [6, 6.07) is 12.9. The lowest BCUT2D eigenvalue weighted by Gasteiger charge is -2.27. The number of likely N-dealkylation sites (tertiary alicyclic amines) is 1. The maximum atomic E-state index is 10.4. The molecule has 0 saturated carbocycles. The topological polar surface area (TPSA) is 23.5 Å². The molecule has 0 spiro atoms. The van der Waals surface area contributed by atoms with Crippen LogP contribution >= 0.6 is 8.58 Å². The minimum Gasteiger partial charge on any atom is -0.507 e. The van der Waals surface area contributed by atoms with E-state index in [0.29, 0.717) is 14.3 Å². The Kier molecular flexibility index (Phi) is 5.35. The van der Waals surface area contributed by atoms with E-state index in [-0.39, 0.29) is 0 Å². The largest absolute Gasteiger partial charge is 0.507 e. The molecule has 3 heteroatoms. The summed E-state index contributed by atoms with van der Waals surface area (Å²) in [4.78, 5) is 2.56. The first-order valence-electron chi connectivity index (χ1n) is 8.51. The van der Waals surface area contributed by atoms with E-state index in [1.54, 1.807) is 0 Å². The number of aromatic hydroxyl groups is 1. The smallest absolute Gasteiger partial charge is 0.126 e. The molecule has 1 aliphatic heterocycles. The van der Waals surface area contributed by atoms with Crippen molar-refractivity contribution in [1.82, 2.24) is 4.90 Å². The normalized spacial score (nSPS) is 16.3. The Morgan fingerprint density at radius 3 is 2.52 bits per heavy atom. The van der Waals surface area contributed by atoms with E-state index >= 15 is 0 Å². The maximum Gasteiger partial charge on any atom is 0.126 e. The highest BCUT2D eigenvalue weighted by atomic mass is 31.1. The third-order valence-electron chi connectivity index (χ3n) is 4.57. The van der Waals surface area contributed by atoms with Crippen LogP contribution in [0.3, 0.4) is 0 Å². The van der Waals surface area contributed by atoms with Crippen LogP contribution in [0.5, 0.6) is 5.75 Å². The highest BCUT2D eigenvalue weighted by Crippen LogP contribution is 2.25. The predicted molar refractivity (Wildman–Crippen MR) is 101 cm³/mol. The average molecular weight is 327 g/mol. The summed E-state index contributed by atoms with van der Waals surface area (Å²) in [6.07, 6.45) is 4.01. The second-order valence-corrected chi connectivity index (χ2v) is 7.92. The van der Waals surface area contributed by atoms with Gasteiger partial charge in [-0.05, 0) is 67.8 Å². The molecule has 1 heterocycles. The van der Waals surface area contributed by atoms with E-state index in [1.165, 1.54) is 48.8 Å². The molecule has 0 aliphatic carbocycles. The van der Waals surface area contributed by atoms with Crippen molar-refractivity contribution in [1.29, 1.82) is 0 Å². The molecule has 1 unspecified atom stereocenters. The van der Waals surface area contributed by atoms with Gasteiger partial charge in [0.15, 0.2) is 0 Å². The van der Waals surface area contributed by atoms with E-state index in [0.717, 1.165) is 17.4 Å². The van der Waals surface area contributed by atoms with Gasteiger partial charge in [-0.3, -0.25) is 4.90 Å². The molecule has 0 aromatic heterocycles. The molecule has 0 bridgehead atoms. The number of hydrogen-bond donors (Lipinski definition) is 1. The SMILES string of the molecule is Cc1cc(C)c(O)c(Pc2ccccc2CN2CCCCC2)c1. The lowest BCUT2D eigenvalue weighted by atomic mass is 10.1. The van der Waals surface area contributed by atoms with Gasteiger partial charge in [-0.25, -0.2) is 0 Å². The molecule has 1 saturated heterocycles. The molecule has 0 radical (unpaired) electrons. The number of benzene rings is 2. The van der Waals surface area contributed by atoms with E-state index < -0.39 is 0 Å². The number of phenolic OH excluding ortho intramolecular Hbond substituents is 1. The zero-order valence-corrected chi connectivity index (χ0v) is 15.1. The number of piperidine rings is 1. The molecule has 3 rings (SSSR count). The first-order chi connectivity index (χ1) is 11.1. The summed E-state index contributed by atoms with van der Waals surface area (Å²) < 4.78 is 0. The Balaban J connectivity index is 1.83. The molecule has 2 aromatic carbocycles. The zero-order chi connectivity index (χ0) is 16.2. The summed E-state index contributed by atoms with van der Waals surface area (Å²) in [5.41, 5.74) is 3.60. The summed E-state index contributed by atoms with van der Waals surface area (Å²) in [7, 11) is 0.512. The molecule has 0 amide bonds. The second kappa shape index (κ2) is 7.47. The standard InChI is InChI=1S/C20H26NOP/c1-15-12-16(2)20(22)19(13-15)23-18-9-5-4-8-17(18)14-21-10-6-3-7-11-21/h4-5,8-9,12-13,22-23H,3,6-7,10-11,14H2,1-2H3. The van der Waals surface area contributed by atoms with E-state index in [2.05, 4.69) is 42.2 Å². The van der Waals surface area contributed by atoms with Gasteiger partial charge in [-0.2, -0.15) is 0 Å². The number of hydrogen-bond acceptors (Lipinski definition) is 2. The first-order valence-corrected chi connectivity index (χ1v) is 9.51. The Morgan fingerprint density at radius 2 is 1.74 bits per heavy atom. The maximum absolute atomic E-state index is 10.4. The van der Waals surface area contributed by atoms with Crippen LogP contribution in [0.1, 0.15) is 36.0 Å². The van der Waals surface area contributed by atoms with Gasteiger partial charge in [-0.1, -0.05) is 45.3 Å². The van der Waals surface area contributed by atoms with Crippen molar-refractivity contribution in [2.75, 3.05) is 13.1 Å². The summed E-state index contributed by atoms with van der Waals surface area (Å²) in [5, 5.41) is 12.8. The second-order valence-electron chi connectivity index (χ2n) is 6.60. The molecule has 122 valence electrons. The third kappa shape index (κ3) is 4.13. The highest BCUT2D eigenvalue weighted by molar-refractivity contribution is 7.55. The third-order valence-corrected chi connectivity index (χ3v) is 5.98. The number of phenols is 1. The van der Waals surface area contributed by atoms with Crippen molar-refractivity contribution < 1.29 is 5.11 Å². The molecule has 1 N–H and O–H groups in total. The fourth-order valence-corrected chi connectivity index (χ4v) is 4.75. The van der Waals surface area contributed by atoms with Crippen LogP contribution in [0.25, 0.3) is 0 Å². The monoisotopic (exact) mass is 327 g/mol. The van der Waals surface area contributed by atoms with E-state index in [4.69, 9.17) is 0 Å². The molecule has 1 aliphatic rings. The molecule has 1 fully saturated rings. The first kappa shape index (κ1) is 16.5. The van der Waals surface area contributed by atoms with Crippen LogP contribution < -0.4 is 10.6 Å². The minimum absolute atomic E-state index is 0.460. The Labute approximate surface area is 141 Å². The lowest BCUT2D eigenvalue weighted by Crippen LogP contribution is -2.30. The van der Waals surface area contributed by atoms with Gasteiger partial charge in [0.05, 0.1) is 0 Å². The van der Waals surface area contributed by atoms with Gasteiger partial charge in [0, 0.05) is 11.8 Å². The highest BCUT2D eigenvalue weighted by Gasteiger charge is 2.14. The molecular formula is C20H26NOP. The van der Waals surface area contributed by atoms with Crippen LogP contribution in [-0.4, -0.2) is 23.1 Å². The van der Waals surface area contributed by atoms with Crippen molar-refractivity contribution in [3.05, 3.63) is 53.1 Å². The van der Waals surface area contributed by atoms with Crippen molar-refractivity contribution in [2.45, 2.75) is 39.7 Å². The van der Waals surface area contributed by atoms with Gasteiger partial charge >= 0.3 is 0 Å². The van der Waals surface area contributed by atoms with Crippen LogP contribution in [0.4, 0.5) is 0 Å². The predicted octanol–water partition coefficient (Wildman–Crippen LogP) is 3.62. The van der Waals surface area contributed by atoms with Gasteiger partial charge in [0.2, 0.25) is 0 Å². The molecule has 23 heavy (non-hydrogen) atoms. The van der Waals surface area contributed by atoms with Crippen LogP contribution in [0.15, 0.2) is 36.4 Å².